The van der Waals surface area contributed by atoms with Gasteiger partial charge in [-0.2, -0.15) is 0 Å². The van der Waals surface area contributed by atoms with Crippen LogP contribution < -0.4 is 10.0 Å². The molecule has 3 aromatic rings. The van der Waals surface area contributed by atoms with Gasteiger partial charge in [-0.3, -0.25) is 9.62 Å². The number of nitrogens with one attached hydrogen (secondary N) is 3. The SMILES string of the molecule is CC(C)(C)OC(=O)NCCNSc1ccc(-c2ccnc3[nH]c(C4=CN(C(=O)OC(C)(C)C)CCC4)cc23)s1. The highest BCUT2D eigenvalue weighted by Crippen LogP contribution is 2.37. The molecule has 4 heterocycles. The lowest BCUT2D eigenvalue weighted by atomic mass is 10.0. The number of nitrogens with zero attached hydrogens (tertiary/aromatic N) is 2. The Kier molecular flexibility index (Phi) is 8.93. The summed E-state index contributed by atoms with van der Waals surface area (Å²) in [6.07, 6.45) is 4.70. The maximum Gasteiger partial charge on any atom is 0.414 e. The Balaban J connectivity index is 1.41. The zero-order chi connectivity index (χ0) is 28.2. The molecule has 210 valence electrons. The number of ether oxygens (including phenoxy) is 2. The Morgan fingerprint density at radius 2 is 1.87 bits per heavy atom. The Morgan fingerprint density at radius 1 is 1.10 bits per heavy atom. The van der Waals surface area contributed by atoms with Crippen LogP contribution in [0, 0.1) is 0 Å². The molecule has 0 saturated heterocycles. The fourth-order valence-corrected chi connectivity index (χ4v) is 5.88. The number of aromatic nitrogens is 2. The minimum Gasteiger partial charge on any atom is -0.444 e. The number of hydrogen-bond acceptors (Lipinski definition) is 8. The first-order valence-corrected chi connectivity index (χ1v) is 14.7. The normalized spacial score (nSPS) is 14.3. The monoisotopic (exact) mass is 571 g/mol. The van der Waals surface area contributed by atoms with Gasteiger partial charge in [-0.1, -0.05) is 0 Å². The summed E-state index contributed by atoms with van der Waals surface area (Å²) >= 11 is 3.23. The van der Waals surface area contributed by atoms with Crippen LogP contribution in [0.2, 0.25) is 0 Å². The van der Waals surface area contributed by atoms with Crippen LogP contribution in [0.4, 0.5) is 9.59 Å². The minimum absolute atomic E-state index is 0.326. The fourth-order valence-electron chi connectivity index (χ4n) is 4.01. The number of pyridine rings is 1. The highest BCUT2D eigenvalue weighted by molar-refractivity contribution is 7.99. The van der Waals surface area contributed by atoms with Crippen LogP contribution in [0.3, 0.4) is 0 Å². The lowest BCUT2D eigenvalue weighted by Gasteiger charge is -2.28. The molecule has 3 N–H and O–H groups in total. The quantitative estimate of drug-likeness (QED) is 0.212. The number of carbonyl (C=O) groups excluding carboxylic acids is 2. The van der Waals surface area contributed by atoms with E-state index in [1.165, 1.54) is 11.9 Å². The topological polar surface area (TPSA) is 109 Å². The molecule has 39 heavy (non-hydrogen) atoms. The average Bonchev–Trinajstić information content (AvgIpc) is 3.49. The van der Waals surface area contributed by atoms with Gasteiger partial charge in [-0.05, 0) is 96.2 Å². The number of alkyl carbamates (subject to hydrolysis) is 1. The van der Waals surface area contributed by atoms with Crippen LogP contribution in [0.15, 0.2) is 40.9 Å². The molecule has 0 aliphatic carbocycles. The van der Waals surface area contributed by atoms with E-state index in [4.69, 9.17) is 9.47 Å². The lowest BCUT2D eigenvalue weighted by Crippen LogP contribution is -2.35. The van der Waals surface area contributed by atoms with Crippen LogP contribution in [-0.2, 0) is 9.47 Å². The van der Waals surface area contributed by atoms with Crippen molar-refractivity contribution in [1.82, 2.24) is 24.9 Å². The van der Waals surface area contributed by atoms with E-state index in [1.807, 2.05) is 60.0 Å². The molecule has 4 rings (SSSR count). The third-order valence-electron chi connectivity index (χ3n) is 5.58. The van der Waals surface area contributed by atoms with Crippen LogP contribution in [-0.4, -0.2) is 57.9 Å². The maximum atomic E-state index is 12.6. The first-order valence-electron chi connectivity index (χ1n) is 13.0. The van der Waals surface area contributed by atoms with E-state index in [0.717, 1.165) is 49.8 Å². The molecule has 1 aliphatic rings. The Labute approximate surface area is 237 Å². The molecular formula is C28H37N5O4S2. The summed E-state index contributed by atoms with van der Waals surface area (Å²) in [5.41, 5.74) is 2.89. The van der Waals surface area contributed by atoms with Crippen molar-refractivity contribution in [2.45, 2.75) is 69.8 Å². The van der Waals surface area contributed by atoms with E-state index in [0.29, 0.717) is 19.6 Å². The highest BCUT2D eigenvalue weighted by atomic mass is 32.2. The van der Waals surface area contributed by atoms with Crippen molar-refractivity contribution in [1.29, 1.82) is 0 Å². The summed E-state index contributed by atoms with van der Waals surface area (Å²) in [5.74, 6) is 0. The Hall–Kier alpha value is -3.02. The molecule has 0 saturated carbocycles. The number of fused-ring (bicyclic) bond motifs is 1. The van der Waals surface area contributed by atoms with Crippen LogP contribution >= 0.6 is 23.3 Å². The molecule has 3 aromatic heterocycles. The number of aromatic amines is 1. The van der Waals surface area contributed by atoms with Crippen molar-refractivity contribution in [3.05, 3.63) is 42.4 Å². The lowest BCUT2D eigenvalue weighted by molar-refractivity contribution is 0.0328. The highest BCUT2D eigenvalue weighted by Gasteiger charge is 2.24. The van der Waals surface area contributed by atoms with Crippen LogP contribution in [0.5, 0.6) is 0 Å². The van der Waals surface area contributed by atoms with Gasteiger partial charge in [-0.25, -0.2) is 14.6 Å². The first kappa shape index (κ1) is 29.0. The Bertz CT molecular complexity index is 1350. The summed E-state index contributed by atoms with van der Waals surface area (Å²) < 4.78 is 15.2. The van der Waals surface area contributed by atoms with E-state index in [2.05, 4.69) is 38.2 Å². The number of hydrogen-bond donors (Lipinski definition) is 3. The van der Waals surface area contributed by atoms with Gasteiger partial charge in [0.2, 0.25) is 0 Å². The van der Waals surface area contributed by atoms with Gasteiger partial charge in [0.15, 0.2) is 0 Å². The average molecular weight is 572 g/mol. The molecule has 0 atom stereocenters. The summed E-state index contributed by atoms with van der Waals surface area (Å²) in [4.78, 5) is 35.2. The second-order valence-electron chi connectivity index (χ2n) is 11.3. The van der Waals surface area contributed by atoms with Crippen LogP contribution in [0.25, 0.3) is 27.0 Å². The van der Waals surface area contributed by atoms with Gasteiger partial charge in [-0.15, -0.1) is 11.3 Å². The van der Waals surface area contributed by atoms with Crippen molar-refractivity contribution in [3.63, 3.8) is 0 Å². The predicted octanol–water partition coefficient (Wildman–Crippen LogP) is 6.78. The molecule has 0 unspecified atom stereocenters. The van der Waals surface area contributed by atoms with E-state index in [9.17, 15) is 9.59 Å². The van der Waals surface area contributed by atoms with Gasteiger partial charge < -0.3 is 19.8 Å². The molecule has 0 aromatic carbocycles. The van der Waals surface area contributed by atoms with Crippen LogP contribution in [0.1, 0.15) is 60.1 Å². The number of carbonyl (C=O) groups is 2. The zero-order valence-electron chi connectivity index (χ0n) is 23.3. The second-order valence-corrected chi connectivity index (χ2v) is 13.6. The predicted molar refractivity (Wildman–Crippen MR) is 158 cm³/mol. The largest absolute Gasteiger partial charge is 0.444 e. The molecular weight excluding hydrogens is 534 g/mol. The second kappa shape index (κ2) is 12.0. The maximum absolute atomic E-state index is 12.6. The summed E-state index contributed by atoms with van der Waals surface area (Å²) in [6, 6.07) is 8.34. The van der Waals surface area contributed by atoms with Crippen molar-refractivity contribution >= 4 is 52.1 Å². The summed E-state index contributed by atoms with van der Waals surface area (Å²) in [5, 5.41) is 3.79. The molecule has 1 aliphatic heterocycles. The molecule has 0 spiro atoms. The van der Waals surface area contributed by atoms with E-state index >= 15 is 0 Å². The van der Waals surface area contributed by atoms with Gasteiger partial charge in [0.25, 0.3) is 0 Å². The molecule has 11 heteroatoms. The third kappa shape index (κ3) is 8.23. The molecule has 0 bridgehead atoms. The van der Waals surface area contributed by atoms with E-state index < -0.39 is 17.3 Å². The van der Waals surface area contributed by atoms with Gasteiger partial charge >= 0.3 is 12.2 Å². The zero-order valence-corrected chi connectivity index (χ0v) is 25.0. The molecule has 0 radical (unpaired) electrons. The van der Waals surface area contributed by atoms with Gasteiger partial charge in [0, 0.05) is 53.6 Å². The number of thiophene rings is 1. The summed E-state index contributed by atoms with van der Waals surface area (Å²) in [7, 11) is 0. The van der Waals surface area contributed by atoms with Gasteiger partial charge in [0.05, 0.1) is 4.21 Å². The van der Waals surface area contributed by atoms with E-state index in [-0.39, 0.29) is 6.09 Å². The first-order chi connectivity index (χ1) is 18.4. The van der Waals surface area contributed by atoms with Gasteiger partial charge in [0.1, 0.15) is 16.8 Å². The van der Waals surface area contributed by atoms with Crippen molar-refractivity contribution in [2.24, 2.45) is 0 Å². The minimum atomic E-state index is -0.535. The van der Waals surface area contributed by atoms with Crippen molar-refractivity contribution < 1.29 is 19.1 Å². The smallest absolute Gasteiger partial charge is 0.414 e. The molecule has 2 amide bonds. The van der Waals surface area contributed by atoms with Crippen molar-refractivity contribution in [3.8, 4) is 10.4 Å². The fraction of sp³-hybridized carbons (Fsp3) is 0.464. The molecule has 9 nitrogen and oxygen atoms in total. The number of H-pyrrole nitrogens is 1. The van der Waals surface area contributed by atoms with Crippen molar-refractivity contribution in [2.75, 3.05) is 19.6 Å². The summed E-state index contributed by atoms with van der Waals surface area (Å²) in [6.45, 7) is 12.9. The number of rotatable bonds is 7. The standard InChI is InChI=1S/C28H37N5O4S2/c1-27(2,3)36-25(34)30-13-14-31-39-23-10-9-22(38-23)19-11-12-29-24-20(19)16-21(32-24)18-8-7-15-33(17-18)26(35)37-28(4,5)6/h9-12,16-17,31H,7-8,13-15H2,1-6H3,(H,29,32)(H,30,34). The van der Waals surface area contributed by atoms with E-state index in [1.54, 1.807) is 16.2 Å². The number of amides is 2. The Morgan fingerprint density at radius 3 is 2.62 bits per heavy atom. The third-order valence-corrected chi connectivity index (χ3v) is 7.68. The number of allylic oxidation sites excluding steroid dienone is 1. The molecule has 0 fully saturated rings.